The molecule has 3 nitrogen and oxygen atoms in total. The predicted octanol–water partition coefficient (Wildman–Crippen LogP) is 13.7. The molecule has 0 bridgehead atoms. The maximum Gasteiger partial charge on any atom is 0.159 e. The minimum Gasteiger partial charge on any atom is -0.455 e. The molecule has 0 aliphatic heterocycles. The van der Waals surface area contributed by atoms with Crippen molar-refractivity contribution in [3.8, 4) is 0 Å². The van der Waals surface area contributed by atoms with Crippen molar-refractivity contribution in [2.75, 3.05) is 4.90 Å². The zero-order chi connectivity index (χ0) is 30.6. The van der Waals surface area contributed by atoms with Crippen LogP contribution in [0.2, 0.25) is 0 Å². The summed E-state index contributed by atoms with van der Waals surface area (Å²) in [7, 11) is 0. The Morgan fingerprint density at radius 3 is 1.77 bits per heavy atom. The molecule has 47 heavy (non-hydrogen) atoms. The largest absolute Gasteiger partial charge is 0.455 e. The third kappa shape index (κ3) is 3.50. The number of thiophene rings is 2. The van der Waals surface area contributed by atoms with Crippen molar-refractivity contribution in [2.45, 2.75) is 0 Å². The number of para-hydroxylation sites is 3. The van der Waals surface area contributed by atoms with E-state index in [4.69, 9.17) is 8.83 Å². The van der Waals surface area contributed by atoms with Gasteiger partial charge in [0.25, 0.3) is 0 Å². The van der Waals surface area contributed by atoms with E-state index >= 15 is 0 Å². The average molecular weight is 638 g/mol. The van der Waals surface area contributed by atoms with E-state index in [0.29, 0.717) is 0 Å². The summed E-state index contributed by atoms with van der Waals surface area (Å²) in [5, 5.41) is 9.37. The summed E-state index contributed by atoms with van der Waals surface area (Å²) in [4.78, 5) is 2.43. The van der Waals surface area contributed by atoms with Gasteiger partial charge in [-0.3, -0.25) is 0 Å². The van der Waals surface area contributed by atoms with Crippen molar-refractivity contribution in [1.82, 2.24) is 0 Å². The molecule has 220 valence electrons. The van der Waals surface area contributed by atoms with Gasteiger partial charge in [0.2, 0.25) is 0 Å². The number of nitrogens with zero attached hydrogens (tertiary/aromatic N) is 1. The molecule has 0 atom stereocenters. The van der Waals surface area contributed by atoms with Crippen LogP contribution in [-0.2, 0) is 0 Å². The second kappa shape index (κ2) is 9.46. The summed E-state index contributed by atoms with van der Waals surface area (Å²) in [6.07, 6.45) is 0. The highest BCUT2D eigenvalue weighted by Crippen LogP contribution is 2.52. The number of hydrogen-bond acceptors (Lipinski definition) is 5. The molecule has 0 saturated heterocycles. The topological polar surface area (TPSA) is 29.5 Å². The van der Waals surface area contributed by atoms with Gasteiger partial charge in [-0.15, -0.1) is 22.7 Å². The van der Waals surface area contributed by atoms with Crippen LogP contribution in [0.4, 0.5) is 17.1 Å². The van der Waals surface area contributed by atoms with Crippen LogP contribution < -0.4 is 4.90 Å². The lowest BCUT2D eigenvalue weighted by atomic mass is 10.0. The van der Waals surface area contributed by atoms with Crippen LogP contribution in [0.15, 0.2) is 148 Å². The Kier molecular flexibility index (Phi) is 5.14. The van der Waals surface area contributed by atoms with Gasteiger partial charge in [-0.2, -0.15) is 0 Å². The summed E-state index contributed by atoms with van der Waals surface area (Å²) < 4.78 is 18.3. The highest BCUT2D eigenvalue weighted by Gasteiger charge is 2.26. The van der Waals surface area contributed by atoms with Crippen LogP contribution in [0.5, 0.6) is 0 Å². The van der Waals surface area contributed by atoms with Crippen molar-refractivity contribution in [3.05, 3.63) is 140 Å². The van der Waals surface area contributed by atoms with Crippen molar-refractivity contribution in [1.29, 1.82) is 0 Å². The van der Waals surface area contributed by atoms with Gasteiger partial charge < -0.3 is 13.7 Å². The highest BCUT2D eigenvalue weighted by atomic mass is 32.1. The summed E-state index contributed by atoms with van der Waals surface area (Å²) in [5.74, 6) is 0. The lowest BCUT2D eigenvalue weighted by molar-refractivity contribution is 0.669. The summed E-state index contributed by atoms with van der Waals surface area (Å²) in [6.45, 7) is 0. The molecule has 0 fully saturated rings. The van der Waals surface area contributed by atoms with Gasteiger partial charge >= 0.3 is 0 Å². The van der Waals surface area contributed by atoms with Crippen molar-refractivity contribution in [2.24, 2.45) is 0 Å². The molecule has 0 amide bonds. The number of rotatable bonds is 3. The molecule has 11 rings (SSSR count). The number of furan rings is 2. The van der Waals surface area contributed by atoms with Gasteiger partial charge in [0.15, 0.2) is 5.58 Å². The monoisotopic (exact) mass is 637 g/mol. The molecule has 7 aromatic carbocycles. The first-order valence-electron chi connectivity index (χ1n) is 15.7. The van der Waals surface area contributed by atoms with Crippen molar-refractivity contribution in [3.63, 3.8) is 0 Å². The summed E-state index contributed by atoms with van der Waals surface area (Å²) >= 11 is 3.66. The number of benzene rings is 7. The van der Waals surface area contributed by atoms with Gasteiger partial charge in [0.1, 0.15) is 16.7 Å². The van der Waals surface area contributed by atoms with Crippen LogP contribution in [0, 0.1) is 0 Å². The van der Waals surface area contributed by atoms with Crippen LogP contribution in [0.25, 0.3) is 84.2 Å². The van der Waals surface area contributed by atoms with E-state index in [1.54, 1.807) is 0 Å². The quantitative estimate of drug-likeness (QED) is 0.193. The average Bonchev–Trinajstić information content (AvgIpc) is 3.88. The SMILES string of the molecule is c1ccc2c(c1)oc1c(N(c3cccc4c3sc3ccccc34)c3cccc4sc5ccc6c7ccccc7oc6c5c34)cccc12. The summed E-state index contributed by atoms with van der Waals surface area (Å²) in [5.41, 5.74) is 6.83. The molecule has 0 radical (unpaired) electrons. The smallest absolute Gasteiger partial charge is 0.159 e. The molecule has 0 saturated carbocycles. The van der Waals surface area contributed by atoms with E-state index in [0.717, 1.165) is 66.3 Å². The fraction of sp³-hybridized carbons (Fsp3) is 0. The van der Waals surface area contributed by atoms with E-state index in [9.17, 15) is 0 Å². The maximum atomic E-state index is 6.72. The molecule has 11 aromatic rings. The molecule has 0 aliphatic rings. The van der Waals surface area contributed by atoms with E-state index < -0.39 is 0 Å². The first-order valence-corrected chi connectivity index (χ1v) is 17.3. The Bertz CT molecular complexity index is 2930. The summed E-state index contributed by atoms with van der Waals surface area (Å²) in [6, 6.07) is 49.7. The van der Waals surface area contributed by atoms with Gasteiger partial charge in [-0.05, 0) is 54.6 Å². The minimum absolute atomic E-state index is 0.872. The lowest BCUT2D eigenvalue weighted by Crippen LogP contribution is -2.10. The Morgan fingerprint density at radius 2 is 0.936 bits per heavy atom. The molecule has 0 unspecified atom stereocenters. The lowest BCUT2D eigenvalue weighted by Gasteiger charge is -2.27. The van der Waals surface area contributed by atoms with E-state index in [-0.39, 0.29) is 0 Å². The van der Waals surface area contributed by atoms with Crippen LogP contribution in [0.3, 0.4) is 0 Å². The van der Waals surface area contributed by atoms with Gasteiger partial charge in [0, 0.05) is 57.2 Å². The zero-order valence-electron chi connectivity index (χ0n) is 24.9. The maximum absolute atomic E-state index is 6.72. The van der Waals surface area contributed by atoms with E-state index in [1.807, 2.05) is 34.8 Å². The molecule has 0 spiro atoms. The minimum atomic E-state index is 0.872. The van der Waals surface area contributed by atoms with Crippen LogP contribution >= 0.6 is 22.7 Å². The molecule has 4 aromatic heterocycles. The van der Waals surface area contributed by atoms with Crippen LogP contribution in [-0.4, -0.2) is 0 Å². The van der Waals surface area contributed by atoms with Gasteiger partial charge in [-0.1, -0.05) is 84.9 Å². The van der Waals surface area contributed by atoms with Crippen LogP contribution in [0.1, 0.15) is 0 Å². The molecular weight excluding hydrogens is 615 g/mol. The normalized spacial score (nSPS) is 12.3. The fourth-order valence-electron chi connectivity index (χ4n) is 7.46. The molecule has 0 aliphatic carbocycles. The first-order chi connectivity index (χ1) is 23.3. The first kappa shape index (κ1) is 25.6. The number of hydrogen-bond donors (Lipinski definition) is 0. The van der Waals surface area contributed by atoms with E-state index in [2.05, 4.69) is 132 Å². The van der Waals surface area contributed by atoms with Gasteiger partial charge in [0.05, 0.1) is 21.8 Å². The highest BCUT2D eigenvalue weighted by molar-refractivity contribution is 7.26. The molecular formula is C42H23NO2S2. The molecule has 4 heterocycles. The standard InChI is InChI=1S/C42H23NO2S2/c1-4-18-33-24(10-1)27-13-7-16-31(40(27)44-33)43(32-17-8-14-29-26-12-3-6-20-35(26)47-42(29)32)30-15-9-21-36-38(30)39-37(46-36)23-22-28-25-11-2-5-19-34(25)45-41(28)39/h1-23H. The van der Waals surface area contributed by atoms with Crippen molar-refractivity contribution >= 4 is 124 Å². The fourth-order valence-corrected chi connectivity index (χ4v) is 9.79. The number of anilines is 3. The van der Waals surface area contributed by atoms with Crippen molar-refractivity contribution < 1.29 is 8.83 Å². The third-order valence-electron chi connectivity index (χ3n) is 9.47. The Balaban J connectivity index is 1.31. The third-order valence-corrected chi connectivity index (χ3v) is 11.8. The Morgan fingerprint density at radius 1 is 0.362 bits per heavy atom. The Hall–Kier alpha value is -5.62. The van der Waals surface area contributed by atoms with E-state index in [1.165, 1.54) is 35.0 Å². The zero-order valence-corrected chi connectivity index (χ0v) is 26.5. The molecule has 0 N–H and O–H groups in total. The van der Waals surface area contributed by atoms with Gasteiger partial charge in [-0.25, -0.2) is 0 Å². The molecule has 5 heteroatoms. The second-order valence-electron chi connectivity index (χ2n) is 12.0. The number of fused-ring (bicyclic) bond motifs is 13. The second-order valence-corrected chi connectivity index (χ2v) is 14.1. The Labute approximate surface area is 276 Å². The predicted molar refractivity (Wildman–Crippen MR) is 201 cm³/mol.